The average molecular weight is 260 g/mol. The molecule has 0 amide bonds. The van der Waals surface area contributed by atoms with Gasteiger partial charge in [-0.2, -0.15) is 0 Å². The van der Waals surface area contributed by atoms with Gasteiger partial charge in [0.1, 0.15) is 0 Å². The maximum absolute atomic E-state index is 10.9. The molecule has 0 heterocycles. The molecule has 0 saturated heterocycles. The first-order chi connectivity index (χ1) is 8.87. The molecule has 0 atom stereocenters. The second kappa shape index (κ2) is 5.28. The first-order valence-corrected chi connectivity index (χ1v) is 7.67. The van der Waals surface area contributed by atoms with Crippen molar-refractivity contribution in [3.05, 3.63) is 35.4 Å². The van der Waals surface area contributed by atoms with Gasteiger partial charge in [-0.1, -0.05) is 57.0 Å². The van der Waals surface area contributed by atoms with Crippen molar-refractivity contribution in [3.8, 4) is 0 Å². The van der Waals surface area contributed by atoms with Crippen LogP contribution in [-0.4, -0.2) is 5.11 Å². The standard InChI is InChI=1S/C18H28O/c1-5-17(3,4)15-9-11-18(19,12-10-15)16-8-6-7-14(2)13-16/h6-8,13,15,19H,5,9-12H2,1-4H3. The summed E-state index contributed by atoms with van der Waals surface area (Å²) >= 11 is 0. The molecule has 1 aromatic rings. The Morgan fingerprint density at radius 3 is 2.42 bits per heavy atom. The summed E-state index contributed by atoms with van der Waals surface area (Å²) in [4.78, 5) is 0. The fourth-order valence-electron chi connectivity index (χ4n) is 3.39. The van der Waals surface area contributed by atoms with E-state index in [2.05, 4.69) is 52.0 Å². The summed E-state index contributed by atoms with van der Waals surface area (Å²) in [7, 11) is 0. The van der Waals surface area contributed by atoms with Gasteiger partial charge in [0.2, 0.25) is 0 Å². The molecule has 1 heteroatoms. The molecular weight excluding hydrogens is 232 g/mol. The molecule has 0 aliphatic heterocycles. The lowest BCUT2D eigenvalue weighted by Gasteiger charge is -2.42. The van der Waals surface area contributed by atoms with Crippen molar-refractivity contribution in [1.82, 2.24) is 0 Å². The highest BCUT2D eigenvalue weighted by molar-refractivity contribution is 5.28. The van der Waals surface area contributed by atoms with Gasteiger partial charge in [0.15, 0.2) is 0 Å². The summed E-state index contributed by atoms with van der Waals surface area (Å²) in [6.45, 7) is 9.11. The highest BCUT2D eigenvalue weighted by Gasteiger charge is 2.39. The normalized spacial score (nSPS) is 28.4. The van der Waals surface area contributed by atoms with Crippen molar-refractivity contribution in [2.24, 2.45) is 11.3 Å². The van der Waals surface area contributed by atoms with E-state index < -0.39 is 5.60 Å². The van der Waals surface area contributed by atoms with Gasteiger partial charge in [-0.3, -0.25) is 0 Å². The van der Waals surface area contributed by atoms with E-state index >= 15 is 0 Å². The van der Waals surface area contributed by atoms with Crippen molar-refractivity contribution < 1.29 is 5.11 Å². The summed E-state index contributed by atoms with van der Waals surface area (Å²) in [6.07, 6.45) is 5.33. The second-order valence-electron chi connectivity index (χ2n) is 7.02. The Hall–Kier alpha value is -0.820. The van der Waals surface area contributed by atoms with E-state index in [1.807, 2.05) is 0 Å². The molecule has 2 rings (SSSR count). The third-order valence-electron chi connectivity index (χ3n) is 5.38. The smallest absolute Gasteiger partial charge is 0.0896 e. The summed E-state index contributed by atoms with van der Waals surface area (Å²) in [5, 5.41) is 10.9. The van der Waals surface area contributed by atoms with Crippen molar-refractivity contribution in [2.45, 2.75) is 65.4 Å². The predicted molar refractivity (Wildman–Crippen MR) is 81.1 cm³/mol. The quantitative estimate of drug-likeness (QED) is 0.827. The molecule has 0 aromatic heterocycles. The molecule has 1 aliphatic rings. The van der Waals surface area contributed by atoms with Crippen LogP contribution in [0.25, 0.3) is 0 Å². The third kappa shape index (κ3) is 3.02. The SMILES string of the molecule is CCC(C)(C)C1CCC(O)(c2cccc(C)c2)CC1. The van der Waals surface area contributed by atoms with Crippen LogP contribution in [0, 0.1) is 18.3 Å². The first-order valence-electron chi connectivity index (χ1n) is 7.67. The third-order valence-corrected chi connectivity index (χ3v) is 5.38. The van der Waals surface area contributed by atoms with Gasteiger partial charge in [0, 0.05) is 0 Å². The molecule has 19 heavy (non-hydrogen) atoms. The van der Waals surface area contributed by atoms with Gasteiger partial charge < -0.3 is 5.11 Å². The lowest BCUT2D eigenvalue weighted by Crippen LogP contribution is -2.36. The van der Waals surface area contributed by atoms with Crippen LogP contribution in [0.4, 0.5) is 0 Å². The molecule has 1 nitrogen and oxygen atoms in total. The Morgan fingerprint density at radius 2 is 1.89 bits per heavy atom. The summed E-state index contributed by atoms with van der Waals surface area (Å²) < 4.78 is 0. The van der Waals surface area contributed by atoms with E-state index in [1.165, 1.54) is 12.0 Å². The Balaban J connectivity index is 2.10. The Bertz CT molecular complexity index is 425. The molecule has 1 N–H and O–H groups in total. The maximum atomic E-state index is 10.9. The monoisotopic (exact) mass is 260 g/mol. The van der Waals surface area contributed by atoms with E-state index in [4.69, 9.17) is 0 Å². The largest absolute Gasteiger partial charge is 0.385 e. The van der Waals surface area contributed by atoms with E-state index in [-0.39, 0.29) is 0 Å². The number of hydrogen-bond acceptors (Lipinski definition) is 1. The number of benzene rings is 1. The van der Waals surface area contributed by atoms with E-state index in [0.29, 0.717) is 5.41 Å². The topological polar surface area (TPSA) is 20.2 Å². The zero-order valence-electron chi connectivity index (χ0n) is 12.9. The fourth-order valence-corrected chi connectivity index (χ4v) is 3.39. The van der Waals surface area contributed by atoms with Gasteiger partial charge in [-0.15, -0.1) is 0 Å². The first kappa shape index (κ1) is 14.6. The van der Waals surface area contributed by atoms with E-state index in [1.54, 1.807) is 0 Å². The van der Waals surface area contributed by atoms with Crippen molar-refractivity contribution in [1.29, 1.82) is 0 Å². The average Bonchev–Trinajstić information content (AvgIpc) is 2.39. The Labute approximate surface area is 118 Å². The van der Waals surface area contributed by atoms with Crippen molar-refractivity contribution >= 4 is 0 Å². The summed E-state index contributed by atoms with van der Waals surface area (Å²) in [5.74, 6) is 0.752. The molecule has 0 radical (unpaired) electrons. The number of rotatable bonds is 3. The number of aryl methyl sites for hydroxylation is 1. The van der Waals surface area contributed by atoms with Crippen molar-refractivity contribution in [2.75, 3.05) is 0 Å². The molecule has 0 bridgehead atoms. The van der Waals surface area contributed by atoms with Crippen molar-refractivity contribution in [3.63, 3.8) is 0 Å². The van der Waals surface area contributed by atoms with Gasteiger partial charge >= 0.3 is 0 Å². The molecule has 1 saturated carbocycles. The molecule has 1 aromatic carbocycles. The lowest BCUT2D eigenvalue weighted by atomic mass is 9.65. The van der Waals surface area contributed by atoms with Gasteiger partial charge in [0.25, 0.3) is 0 Å². The van der Waals surface area contributed by atoms with Crippen LogP contribution in [0.2, 0.25) is 0 Å². The van der Waals surface area contributed by atoms with Crippen LogP contribution in [0.15, 0.2) is 24.3 Å². The minimum absolute atomic E-state index is 0.411. The lowest BCUT2D eigenvalue weighted by molar-refractivity contribution is -0.0328. The molecule has 1 aliphatic carbocycles. The highest BCUT2D eigenvalue weighted by Crippen LogP contribution is 2.46. The van der Waals surface area contributed by atoms with Crippen LogP contribution in [0.1, 0.15) is 64.0 Å². The van der Waals surface area contributed by atoms with Crippen LogP contribution in [0.3, 0.4) is 0 Å². The zero-order valence-corrected chi connectivity index (χ0v) is 12.9. The fraction of sp³-hybridized carbons (Fsp3) is 0.667. The zero-order chi connectivity index (χ0) is 14.1. The number of aliphatic hydroxyl groups is 1. The number of hydrogen-bond donors (Lipinski definition) is 1. The van der Waals surface area contributed by atoms with E-state index in [0.717, 1.165) is 37.2 Å². The van der Waals surface area contributed by atoms with Gasteiger partial charge in [0.05, 0.1) is 5.60 Å². The van der Waals surface area contributed by atoms with Gasteiger partial charge in [-0.05, 0) is 49.5 Å². The summed E-state index contributed by atoms with van der Waals surface area (Å²) in [5.41, 5.74) is 2.17. The Kier molecular flexibility index (Phi) is 4.06. The van der Waals surface area contributed by atoms with Crippen LogP contribution >= 0.6 is 0 Å². The minimum Gasteiger partial charge on any atom is -0.385 e. The van der Waals surface area contributed by atoms with Crippen LogP contribution in [0.5, 0.6) is 0 Å². The Morgan fingerprint density at radius 1 is 1.26 bits per heavy atom. The van der Waals surface area contributed by atoms with Gasteiger partial charge in [-0.25, -0.2) is 0 Å². The minimum atomic E-state index is -0.591. The molecular formula is C18H28O. The second-order valence-corrected chi connectivity index (χ2v) is 7.02. The summed E-state index contributed by atoms with van der Waals surface area (Å²) in [6, 6.07) is 8.38. The molecule has 106 valence electrons. The van der Waals surface area contributed by atoms with Crippen LogP contribution < -0.4 is 0 Å². The predicted octanol–water partition coefficient (Wildman–Crippen LogP) is 4.81. The van der Waals surface area contributed by atoms with E-state index in [9.17, 15) is 5.11 Å². The molecule has 1 fully saturated rings. The molecule has 0 unspecified atom stereocenters. The highest BCUT2D eigenvalue weighted by atomic mass is 16.3. The maximum Gasteiger partial charge on any atom is 0.0896 e. The molecule has 0 spiro atoms. The van der Waals surface area contributed by atoms with Crippen LogP contribution in [-0.2, 0) is 5.60 Å².